The third kappa shape index (κ3) is 3.02. The van der Waals surface area contributed by atoms with E-state index < -0.39 is 0 Å². The van der Waals surface area contributed by atoms with Gasteiger partial charge in [0.1, 0.15) is 6.17 Å². The number of carbonyl (C=O) groups excluding carboxylic acids is 1. The maximum atomic E-state index is 12.3. The minimum absolute atomic E-state index is 0.0503. The van der Waals surface area contributed by atoms with Gasteiger partial charge in [-0.3, -0.25) is 10.1 Å². The van der Waals surface area contributed by atoms with Gasteiger partial charge in [-0.1, -0.05) is 43.7 Å². The Morgan fingerprint density at radius 1 is 1.35 bits per heavy atom. The summed E-state index contributed by atoms with van der Waals surface area (Å²) in [6.07, 6.45) is -0.0503. The lowest BCUT2D eigenvalue weighted by Crippen LogP contribution is -2.45. The molecule has 0 spiro atoms. The number of ether oxygens (including phenoxy) is 1. The van der Waals surface area contributed by atoms with Crippen molar-refractivity contribution in [3.8, 4) is 0 Å². The Hall–Kier alpha value is -1.39. The monoisotopic (exact) mass is 276 g/mol. The third-order valence-electron chi connectivity index (χ3n) is 3.87. The zero-order valence-corrected chi connectivity index (χ0v) is 12.7. The van der Waals surface area contributed by atoms with Gasteiger partial charge in [-0.2, -0.15) is 0 Å². The Balaban J connectivity index is 2.27. The minimum atomic E-state index is -0.0503. The smallest absolute Gasteiger partial charge is 0.238 e. The zero-order valence-electron chi connectivity index (χ0n) is 12.7. The minimum Gasteiger partial charge on any atom is -0.383 e. The highest BCUT2D eigenvalue weighted by Gasteiger charge is 2.37. The van der Waals surface area contributed by atoms with Crippen molar-refractivity contribution in [2.24, 2.45) is 5.92 Å². The van der Waals surface area contributed by atoms with Gasteiger partial charge in [-0.25, -0.2) is 0 Å². The summed E-state index contributed by atoms with van der Waals surface area (Å²) in [5.41, 5.74) is 2.35. The van der Waals surface area contributed by atoms with Gasteiger partial charge in [0.15, 0.2) is 0 Å². The molecule has 20 heavy (non-hydrogen) atoms. The van der Waals surface area contributed by atoms with Crippen molar-refractivity contribution < 1.29 is 9.53 Å². The van der Waals surface area contributed by atoms with Crippen molar-refractivity contribution in [3.05, 3.63) is 35.4 Å². The van der Waals surface area contributed by atoms with Gasteiger partial charge in [-0.15, -0.1) is 0 Å². The first kappa shape index (κ1) is 15.0. The summed E-state index contributed by atoms with van der Waals surface area (Å²) in [6.45, 7) is 7.28. The molecule has 1 N–H and O–H groups in total. The first-order chi connectivity index (χ1) is 9.54. The van der Waals surface area contributed by atoms with Crippen LogP contribution in [-0.2, 0) is 9.53 Å². The fraction of sp³-hybridized carbons (Fsp3) is 0.562. The molecule has 1 aliphatic rings. The molecule has 0 aliphatic carbocycles. The van der Waals surface area contributed by atoms with Crippen LogP contribution in [0, 0.1) is 12.8 Å². The highest BCUT2D eigenvalue weighted by Crippen LogP contribution is 2.28. The Labute approximate surface area is 121 Å². The number of hydrogen-bond acceptors (Lipinski definition) is 3. The fourth-order valence-corrected chi connectivity index (χ4v) is 2.69. The lowest BCUT2D eigenvalue weighted by molar-refractivity contribution is -0.132. The number of aryl methyl sites for hydroxylation is 1. The molecule has 0 bridgehead atoms. The van der Waals surface area contributed by atoms with E-state index >= 15 is 0 Å². The maximum Gasteiger partial charge on any atom is 0.238 e. The second kappa shape index (κ2) is 6.37. The molecular formula is C16H24N2O2. The summed E-state index contributed by atoms with van der Waals surface area (Å²) >= 11 is 0. The van der Waals surface area contributed by atoms with Gasteiger partial charge in [-0.05, 0) is 18.4 Å². The van der Waals surface area contributed by atoms with Gasteiger partial charge >= 0.3 is 0 Å². The standard InChI is InChI=1S/C16H24N2O2/c1-11(2)14(10-20-4)18-15(19)9-17-16(18)13-7-5-12(3)6-8-13/h5-8,11,14,16-17H,9-10H2,1-4H3. The summed E-state index contributed by atoms with van der Waals surface area (Å²) in [6, 6.07) is 8.43. The van der Waals surface area contributed by atoms with Crippen molar-refractivity contribution in [1.29, 1.82) is 0 Å². The summed E-state index contributed by atoms with van der Waals surface area (Å²) in [5, 5.41) is 3.31. The molecule has 1 amide bonds. The van der Waals surface area contributed by atoms with Gasteiger partial charge in [0, 0.05) is 7.11 Å². The Bertz CT molecular complexity index is 456. The second-order valence-electron chi connectivity index (χ2n) is 5.76. The number of nitrogens with one attached hydrogen (secondary N) is 1. The molecule has 4 nitrogen and oxygen atoms in total. The van der Waals surface area contributed by atoms with Crippen LogP contribution in [0.2, 0.25) is 0 Å². The Morgan fingerprint density at radius 2 is 2.00 bits per heavy atom. The molecule has 110 valence electrons. The molecule has 1 fully saturated rings. The highest BCUT2D eigenvalue weighted by atomic mass is 16.5. The van der Waals surface area contributed by atoms with Crippen LogP contribution in [-0.4, -0.2) is 37.1 Å². The van der Waals surface area contributed by atoms with E-state index in [1.54, 1.807) is 7.11 Å². The van der Waals surface area contributed by atoms with E-state index in [2.05, 4.69) is 50.4 Å². The van der Waals surface area contributed by atoms with Gasteiger partial charge < -0.3 is 9.64 Å². The quantitative estimate of drug-likeness (QED) is 0.895. The van der Waals surface area contributed by atoms with Crippen LogP contribution in [0.4, 0.5) is 0 Å². The second-order valence-corrected chi connectivity index (χ2v) is 5.76. The van der Waals surface area contributed by atoms with E-state index in [0.29, 0.717) is 19.1 Å². The predicted molar refractivity (Wildman–Crippen MR) is 79.3 cm³/mol. The molecule has 2 unspecified atom stereocenters. The Kier molecular flexibility index (Phi) is 4.78. The molecule has 1 aromatic rings. The SMILES string of the molecule is COCC(C(C)C)N1C(=O)CNC1c1ccc(C)cc1. The summed E-state index contributed by atoms with van der Waals surface area (Å²) < 4.78 is 5.31. The molecular weight excluding hydrogens is 252 g/mol. The number of amides is 1. The maximum absolute atomic E-state index is 12.3. The summed E-state index contributed by atoms with van der Waals surface area (Å²) in [4.78, 5) is 14.2. The number of nitrogens with zero attached hydrogens (tertiary/aromatic N) is 1. The van der Waals surface area contributed by atoms with Crippen molar-refractivity contribution >= 4 is 5.91 Å². The van der Waals surface area contributed by atoms with Crippen LogP contribution in [0.3, 0.4) is 0 Å². The van der Waals surface area contributed by atoms with Crippen LogP contribution in [0.15, 0.2) is 24.3 Å². The predicted octanol–water partition coefficient (Wildman–Crippen LogP) is 2.10. The van der Waals surface area contributed by atoms with Gasteiger partial charge in [0.25, 0.3) is 0 Å². The van der Waals surface area contributed by atoms with E-state index in [1.807, 2.05) is 4.90 Å². The van der Waals surface area contributed by atoms with Crippen molar-refractivity contribution in [2.45, 2.75) is 33.0 Å². The summed E-state index contributed by atoms with van der Waals surface area (Å²) in [5.74, 6) is 0.498. The van der Waals surface area contributed by atoms with E-state index in [-0.39, 0.29) is 18.1 Å². The molecule has 2 atom stereocenters. The van der Waals surface area contributed by atoms with Crippen molar-refractivity contribution in [2.75, 3.05) is 20.3 Å². The topological polar surface area (TPSA) is 41.6 Å². The Morgan fingerprint density at radius 3 is 2.55 bits per heavy atom. The number of rotatable bonds is 5. The first-order valence-corrected chi connectivity index (χ1v) is 7.14. The highest BCUT2D eigenvalue weighted by molar-refractivity contribution is 5.81. The average Bonchev–Trinajstić information content (AvgIpc) is 2.78. The number of hydrogen-bond donors (Lipinski definition) is 1. The first-order valence-electron chi connectivity index (χ1n) is 7.14. The van der Waals surface area contributed by atoms with Crippen LogP contribution < -0.4 is 5.32 Å². The average molecular weight is 276 g/mol. The lowest BCUT2D eigenvalue weighted by Gasteiger charge is -2.35. The number of methoxy groups -OCH3 is 1. The molecule has 0 saturated carbocycles. The molecule has 1 heterocycles. The van der Waals surface area contributed by atoms with Gasteiger partial charge in [0.2, 0.25) is 5.91 Å². The van der Waals surface area contributed by atoms with Crippen molar-refractivity contribution in [1.82, 2.24) is 10.2 Å². The van der Waals surface area contributed by atoms with Gasteiger partial charge in [0.05, 0.1) is 19.2 Å². The molecule has 4 heteroatoms. The van der Waals surface area contributed by atoms with E-state index in [0.717, 1.165) is 5.56 Å². The normalized spacial score (nSPS) is 20.8. The molecule has 0 aromatic heterocycles. The third-order valence-corrected chi connectivity index (χ3v) is 3.87. The van der Waals surface area contributed by atoms with E-state index in [1.165, 1.54) is 5.56 Å². The molecule has 2 rings (SSSR count). The molecule has 0 radical (unpaired) electrons. The fourth-order valence-electron chi connectivity index (χ4n) is 2.69. The lowest BCUT2D eigenvalue weighted by atomic mass is 10.0. The van der Waals surface area contributed by atoms with Crippen LogP contribution >= 0.6 is 0 Å². The largest absolute Gasteiger partial charge is 0.383 e. The number of benzene rings is 1. The zero-order chi connectivity index (χ0) is 14.7. The van der Waals surface area contributed by atoms with E-state index in [9.17, 15) is 4.79 Å². The van der Waals surface area contributed by atoms with Crippen LogP contribution in [0.1, 0.15) is 31.1 Å². The summed E-state index contributed by atoms with van der Waals surface area (Å²) in [7, 11) is 1.68. The van der Waals surface area contributed by atoms with Crippen molar-refractivity contribution in [3.63, 3.8) is 0 Å². The van der Waals surface area contributed by atoms with Crippen LogP contribution in [0.25, 0.3) is 0 Å². The molecule has 1 saturated heterocycles. The van der Waals surface area contributed by atoms with Crippen LogP contribution in [0.5, 0.6) is 0 Å². The molecule has 1 aliphatic heterocycles. The molecule has 1 aromatic carbocycles. The number of carbonyl (C=O) groups is 1. The van der Waals surface area contributed by atoms with E-state index in [4.69, 9.17) is 4.74 Å².